The summed E-state index contributed by atoms with van der Waals surface area (Å²) in [5, 5.41) is 0. The first kappa shape index (κ1) is 10.7. The van der Waals surface area contributed by atoms with Crippen molar-refractivity contribution in [2.24, 2.45) is 0 Å². The summed E-state index contributed by atoms with van der Waals surface area (Å²) >= 11 is 8.29. The number of thiol groups is 2. The van der Waals surface area contributed by atoms with Gasteiger partial charge in [-0.05, 0) is 18.6 Å². The van der Waals surface area contributed by atoms with Gasteiger partial charge in [0.25, 0.3) is 0 Å². The van der Waals surface area contributed by atoms with E-state index in [1.807, 2.05) is 0 Å². The van der Waals surface area contributed by atoms with E-state index >= 15 is 0 Å². The Morgan fingerprint density at radius 2 is 2.20 bits per heavy atom. The molecule has 0 radical (unpaired) electrons. The molecule has 0 aliphatic heterocycles. The third-order valence-corrected chi connectivity index (χ3v) is 1.85. The van der Waals surface area contributed by atoms with Gasteiger partial charge in [0.15, 0.2) is 0 Å². The van der Waals surface area contributed by atoms with Crippen molar-refractivity contribution in [1.82, 2.24) is 0 Å². The molecule has 0 aromatic rings. The Labute approximate surface area is 75.1 Å². The second-order valence-corrected chi connectivity index (χ2v) is 3.21. The Morgan fingerprint density at radius 3 is 2.70 bits per heavy atom. The Balaban J connectivity index is 2.97. The van der Waals surface area contributed by atoms with Gasteiger partial charge >= 0.3 is 0 Å². The first-order valence-corrected chi connectivity index (χ1v) is 4.86. The van der Waals surface area contributed by atoms with Crippen LogP contribution in [0.25, 0.3) is 0 Å². The molecule has 1 atom stereocenters. The van der Waals surface area contributed by atoms with Gasteiger partial charge in [0.2, 0.25) is 0 Å². The highest BCUT2D eigenvalue weighted by atomic mass is 32.1. The standard InChI is InChI=1S/C6H15BOS2/c7-3-1-4-8-6(10)2-5-9/h6,9-10H,1-5,7H2. The summed E-state index contributed by atoms with van der Waals surface area (Å²) in [6, 6.07) is 0. The van der Waals surface area contributed by atoms with Crippen molar-refractivity contribution >= 4 is 33.1 Å². The van der Waals surface area contributed by atoms with Crippen molar-refractivity contribution < 1.29 is 4.74 Å². The number of ether oxygens (including phenoxy) is 1. The minimum Gasteiger partial charge on any atom is -0.368 e. The Morgan fingerprint density at radius 1 is 1.50 bits per heavy atom. The molecule has 10 heavy (non-hydrogen) atoms. The Bertz CT molecular complexity index is 72.8. The number of rotatable bonds is 6. The molecule has 0 bridgehead atoms. The van der Waals surface area contributed by atoms with E-state index in [0.717, 1.165) is 25.2 Å². The van der Waals surface area contributed by atoms with E-state index in [4.69, 9.17) is 4.74 Å². The predicted molar refractivity (Wildman–Crippen MR) is 55.2 cm³/mol. The van der Waals surface area contributed by atoms with Crippen LogP contribution in [0.1, 0.15) is 12.8 Å². The molecule has 0 aliphatic rings. The lowest BCUT2D eigenvalue weighted by Crippen LogP contribution is -2.06. The van der Waals surface area contributed by atoms with Crippen molar-refractivity contribution in [3.63, 3.8) is 0 Å². The lowest BCUT2D eigenvalue weighted by atomic mass is 10.0. The molecule has 0 aliphatic carbocycles. The summed E-state index contributed by atoms with van der Waals surface area (Å²) in [7, 11) is 2.15. The van der Waals surface area contributed by atoms with Gasteiger partial charge in [-0.3, -0.25) is 0 Å². The average Bonchev–Trinajstić information content (AvgIpc) is 1.89. The molecule has 1 nitrogen and oxygen atoms in total. The summed E-state index contributed by atoms with van der Waals surface area (Å²) < 4.78 is 5.34. The van der Waals surface area contributed by atoms with Crippen LogP contribution in [0.2, 0.25) is 6.32 Å². The molecular formula is C6H15BOS2. The zero-order valence-electron chi connectivity index (χ0n) is 6.42. The van der Waals surface area contributed by atoms with Crippen molar-refractivity contribution in [3.05, 3.63) is 0 Å². The van der Waals surface area contributed by atoms with E-state index in [2.05, 4.69) is 33.1 Å². The summed E-state index contributed by atoms with van der Waals surface area (Å²) in [4.78, 5) is 0. The van der Waals surface area contributed by atoms with E-state index in [1.165, 1.54) is 6.32 Å². The van der Waals surface area contributed by atoms with E-state index in [9.17, 15) is 0 Å². The molecule has 0 N–H and O–H groups in total. The van der Waals surface area contributed by atoms with Crippen molar-refractivity contribution in [2.45, 2.75) is 24.6 Å². The van der Waals surface area contributed by atoms with Gasteiger partial charge in [0, 0.05) is 6.61 Å². The fraction of sp³-hybridized carbons (Fsp3) is 1.00. The number of hydrogen-bond acceptors (Lipinski definition) is 3. The lowest BCUT2D eigenvalue weighted by Gasteiger charge is -2.09. The van der Waals surface area contributed by atoms with E-state index in [0.29, 0.717) is 0 Å². The summed E-state index contributed by atoms with van der Waals surface area (Å²) in [5.74, 6) is 0.848. The van der Waals surface area contributed by atoms with E-state index < -0.39 is 0 Å². The molecule has 0 saturated heterocycles. The van der Waals surface area contributed by atoms with Gasteiger partial charge in [0.1, 0.15) is 13.3 Å². The van der Waals surface area contributed by atoms with Crippen LogP contribution in [0.5, 0.6) is 0 Å². The fourth-order valence-corrected chi connectivity index (χ4v) is 1.23. The second kappa shape index (κ2) is 7.83. The first-order valence-electron chi connectivity index (χ1n) is 3.71. The SMILES string of the molecule is BCCCOC(S)CCS. The van der Waals surface area contributed by atoms with Crippen LogP contribution in [0.15, 0.2) is 0 Å². The molecular weight excluding hydrogens is 163 g/mol. The highest BCUT2D eigenvalue weighted by molar-refractivity contribution is 7.81. The van der Waals surface area contributed by atoms with Crippen LogP contribution in [0.4, 0.5) is 0 Å². The van der Waals surface area contributed by atoms with Crippen molar-refractivity contribution in [1.29, 1.82) is 0 Å². The van der Waals surface area contributed by atoms with E-state index in [1.54, 1.807) is 0 Å². The monoisotopic (exact) mass is 178 g/mol. The molecule has 0 fully saturated rings. The highest BCUT2D eigenvalue weighted by Crippen LogP contribution is 2.04. The van der Waals surface area contributed by atoms with E-state index in [-0.39, 0.29) is 5.44 Å². The highest BCUT2D eigenvalue weighted by Gasteiger charge is 1.99. The summed E-state index contributed by atoms with van der Waals surface area (Å²) in [6.07, 6.45) is 3.24. The van der Waals surface area contributed by atoms with Crippen LogP contribution >= 0.6 is 25.3 Å². The molecule has 0 aromatic carbocycles. The van der Waals surface area contributed by atoms with Gasteiger partial charge in [-0.25, -0.2) is 0 Å². The quantitative estimate of drug-likeness (QED) is 0.267. The topological polar surface area (TPSA) is 9.23 Å². The minimum atomic E-state index is 0.0871. The normalized spacial score (nSPS) is 13.4. The zero-order valence-corrected chi connectivity index (χ0v) is 8.20. The molecule has 60 valence electrons. The summed E-state index contributed by atoms with van der Waals surface area (Å²) in [5.41, 5.74) is 0.0871. The molecule has 1 unspecified atom stereocenters. The van der Waals surface area contributed by atoms with Crippen LogP contribution in [-0.2, 0) is 4.74 Å². The van der Waals surface area contributed by atoms with Crippen LogP contribution < -0.4 is 0 Å². The maximum atomic E-state index is 5.34. The molecule has 0 heterocycles. The maximum Gasteiger partial charge on any atom is 0.101 e. The Kier molecular flexibility index (Phi) is 8.40. The van der Waals surface area contributed by atoms with Crippen molar-refractivity contribution in [2.75, 3.05) is 12.4 Å². The van der Waals surface area contributed by atoms with Crippen LogP contribution in [-0.4, -0.2) is 25.6 Å². The van der Waals surface area contributed by atoms with Gasteiger partial charge in [0.05, 0.1) is 0 Å². The molecule has 0 saturated carbocycles. The Hall–Kier alpha value is 0.725. The smallest absolute Gasteiger partial charge is 0.101 e. The lowest BCUT2D eigenvalue weighted by molar-refractivity contribution is 0.113. The van der Waals surface area contributed by atoms with Crippen LogP contribution in [0.3, 0.4) is 0 Å². The fourth-order valence-electron chi connectivity index (χ4n) is 0.557. The molecule has 0 rings (SSSR count). The van der Waals surface area contributed by atoms with Gasteiger partial charge in [-0.2, -0.15) is 12.6 Å². The van der Waals surface area contributed by atoms with Gasteiger partial charge < -0.3 is 4.74 Å². The van der Waals surface area contributed by atoms with Crippen LogP contribution in [0, 0.1) is 0 Å². The molecule has 0 spiro atoms. The van der Waals surface area contributed by atoms with Crippen molar-refractivity contribution in [3.8, 4) is 0 Å². The van der Waals surface area contributed by atoms with Gasteiger partial charge in [-0.1, -0.05) is 6.32 Å². The minimum absolute atomic E-state index is 0.0871. The molecule has 0 aromatic heterocycles. The zero-order chi connectivity index (χ0) is 7.82. The summed E-state index contributed by atoms with van der Waals surface area (Å²) in [6.45, 7) is 0.832. The first-order chi connectivity index (χ1) is 4.81. The number of hydrogen-bond donors (Lipinski definition) is 2. The largest absolute Gasteiger partial charge is 0.368 e. The molecule has 4 heteroatoms. The maximum absolute atomic E-state index is 5.34. The average molecular weight is 178 g/mol. The van der Waals surface area contributed by atoms with Gasteiger partial charge in [-0.15, -0.1) is 12.6 Å². The molecule has 0 amide bonds. The third kappa shape index (κ3) is 6.84. The predicted octanol–water partition coefficient (Wildman–Crippen LogP) is 1.02. The second-order valence-electron chi connectivity index (χ2n) is 2.19. The third-order valence-electron chi connectivity index (χ3n) is 1.18.